The number of carboxylic acids is 1. The normalized spacial score (nSPS) is 21.4. The van der Waals surface area contributed by atoms with E-state index in [-0.39, 0.29) is 12.3 Å². The zero-order valence-electron chi connectivity index (χ0n) is 10.4. The van der Waals surface area contributed by atoms with Gasteiger partial charge < -0.3 is 9.84 Å². The van der Waals surface area contributed by atoms with Gasteiger partial charge in [0, 0.05) is 0 Å². The van der Waals surface area contributed by atoms with Gasteiger partial charge in [-0.15, -0.1) is 0 Å². The lowest BCUT2D eigenvalue weighted by Gasteiger charge is -2.16. The predicted octanol–water partition coefficient (Wildman–Crippen LogP) is 0.746. The molecule has 0 bridgehead atoms. The number of nitrogens with zero attached hydrogens (tertiary/aromatic N) is 1. The topological polar surface area (TPSA) is 88.0 Å². The number of hydrazone groups is 1. The summed E-state index contributed by atoms with van der Waals surface area (Å²) in [5.74, 6) is -2.29. The van der Waals surface area contributed by atoms with E-state index in [9.17, 15) is 14.7 Å². The molecular formula is C13H14N2O4. The van der Waals surface area contributed by atoms with Crippen molar-refractivity contribution in [2.24, 2.45) is 5.10 Å². The standard InChI is InChI=1S/C13H14N2O4/c1-2-19-13(18)11-9(8-6-4-3-5-7-8)10(12(16)17)14-15-11/h3-7,9-10,14H,2H2,1H3,(H,16,17)/t9-,10+/m0/s1. The summed E-state index contributed by atoms with van der Waals surface area (Å²) in [5.41, 5.74) is 3.29. The van der Waals surface area contributed by atoms with Gasteiger partial charge in [-0.1, -0.05) is 30.3 Å². The Morgan fingerprint density at radius 2 is 2.05 bits per heavy atom. The third-order valence-electron chi connectivity index (χ3n) is 2.86. The first-order valence-electron chi connectivity index (χ1n) is 5.93. The van der Waals surface area contributed by atoms with Crippen LogP contribution in [0.5, 0.6) is 0 Å². The smallest absolute Gasteiger partial charge is 0.355 e. The van der Waals surface area contributed by atoms with Gasteiger partial charge in [-0.2, -0.15) is 5.10 Å². The first-order valence-corrected chi connectivity index (χ1v) is 5.93. The average Bonchev–Trinajstić information content (AvgIpc) is 2.85. The maximum absolute atomic E-state index is 11.8. The van der Waals surface area contributed by atoms with E-state index in [1.807, 2.05) is 6.07 Å². The lowest BCUT2D eigenvalue weighted by Crippen LogP contribution is -2.37. The van der Waals surface area contributed by atoms with Crippen molar-refractivity contribution in [1.82, 2.24) is 5.43 Å². The lowest BCUT2D eigenvalue weighted by molar-refractivity contribution is -0.139. The van der Waals surface area contributed by atoms with E-state index in [1.165, 1.54) is 0 Å². The molecule has 0 unspecified atom stereocenters. The van der Waals surface area contributed by atoms with Crippen LogP contribution in [0.2, 0.25) is 0 Å². The van der Waals surface area contributed by atoms with E-state index >= 15 is 0 Å². The van der Waals surface area contributed by atoms with Gasteiger partial charge in [-0.25, -0.2) is 9.59 Å². The molecule has 0 fully saturated rings. The molecule has 2 rings (SSSR count). The summed E-state index contributed by atoms with van der Waals surface area (Å²) in [5, 5.41) is 13.0. The summed E-state index contributed by atoms with van der Waals surface area (Å²) in [4.78, 5) is 23.0. The fourth-order valence-electron chi connectivity index (χ4n) is 2.03. The molecule has 1 aromatic carbocycles. The summed E-state index contributed by atoms with van der Waals surface area (Å²) < 4.78 is 4.90. The predicted molar refractivity (Wildman–Crippen MR) is 67.8 cm³/mol. The summed E-state index contributed by atoms with van der Waals surface area (Å²) in [6, 6.07) is 7.97. The molecule has 6 nitrogen and oxygen atoms in total. The number of carboxylic acid groups (broad SMARTS) is 1. The van der Waals surface area contributed by atoms with Crippen LogP contribution in [0.3, 0.4) is 0 Å². The summed E-state index contributed by atoms with van der Waals surface area (Å²) in [7, 11) is 0. The number of carbonyl (C=O) groups excluding carboxylic acids is 1. The molecule has 0 saturated carbocycles. The molecule has 0 amide bonds. The van der Waals surface area contributed by atoms with Gasteiger partial charge in [0.25, 0.3) is 0 Å². The highest BCUT2D eigenvalue weighted by Crippen LogP contribution is 2.26. The molecule has 1 aromatic rings. The van der Waals surface area contributed by atoms with Crippen LogP contribution in [0.25, 0.3) is 0 Å². The molecule has 1 aliphatic rings. The fourth-order valence-corrected chi connectivity index (χ4v) is 2.03. The molecule has 1 heterocycles. The second-order valence-electron chi connectivity index (χ2n) is 4.05. The van der Waals surface area contributed by atoms with Crippen LogP contribution in [-0.4, -0.2) is 35.4 Å². The molecule has 0 aromatic heterocycles. The first-order chi connectivity index (χ1) is 9.15. The summed E-state index contributed by atoms with van der Waals surface area (Å²) in [6.07, 6.45) is 0. The van der Waals surface area contributed by atoms with Crippen LogP contribution >= 0.6 is 0 Å². The van der Waals surface area contributed by atoms with Gasteiger partial charge in [-0.05, 0) is 12.5 Å². The Bertz CT molecular complexity index is 513. The van der Waals surface area contributed by atoms with Crippen LogP contribution in [0.1, 0.15) is 18.4 Å². The largest absolute Gasteiger partial charge is 0.480 e. The van der Waals surface area contributed by atoms with Gasteiger partial charge in [0.05, 0.1) is 12.5 Å². The van der Waals surface area contributed by atoms with E-state index in [4.69, 9.17) is 4.74 Å². The van der Waals surface area contributed by atoms with Gasteiger partial charge >= 0.3 is 11.9 Å². The SMILES string of the molecule is CCOC(=O)C1=NN[C@@H](C(=O)O)[C@@H]1c1ccccc1. The van der Waals surface area contributed by atoms with E-state index in [1.54, 1.807) is 31.2 Å². The number of hydrogen-bond acceptors (Lipinski definition) is 5. The summed E-state index contributed by atoms with van der Waals surface area (Å²) >= 11 is 0. The number of hydrogen-bond donors (Lipinski definition) is 2. The fraction of sp³-hybridized carbons (Fsp3) is 0.308. The van der Waals surface area contributed by atoms with Gasteiger partial charge in [0.2, 0.25) is 0 Å². The number of nitrogens with one attached hydrogen (secondary N) is 1. The van der Waals surface area contributed by atoms with Crippen molar-refractivity contribution in [2.45, 2.75) is 18.9 Å². The maximum atomic E-state index is 11.8. The van der Waals surface area contributed by atoms with E-state index in [2.05, 4.69) is 10.5 Å². The van der Waals surface area contributed by atoms with Crippen molar-refractivity contribution < 1.29 is 19.4 Å². The summed E-state index contributed by atoms with van der Waals surface area (Å²) in [6.45, 7) is 1.91. The van der Waals surface area contributed by atoms with Crippen LogP contribution in [0.15, 0.2) is 35.4 Å². The third-order valence-corrected chi connectivity index (χ3v) is 2.86. The Balaban J connectivity index is 2.34. The highest BCUT2D eigenvalue weighted by molar-refractivity contribution is 6.39. The van der Waals surface area contributed by atoms with Crippen molar-refractivity contribution in [3.05, 3.63) is 35.9 Å². The Hall–Kier alpha value is -2.37. The highest BCUT2D eigenvalue weighted by atomic mass is 16.5. The van der Waals surface area contributed by atoms with Crippen LogP contribution in [-0.2, 0) is 14.3 Å². The molecule has 2 atom stereocenters. The quantitative estimate of drug-likeness (QED) is 0.781. The first kappa shape index (κ1) is 13.1. The number of ether oxygens (including phenoxy) is 1. The number of carbonyl (C=O) groups is 2. The maximum Gasteiger partial charge on any atom is 0.355 e. The molecular weight excluding hydrogens is 248 g/mol. The number of aliphatic carboxylic acids is 1. The Morgan fingerprint density at radius 3 is 2.63 bits per heavy atom. The number of esters is 1. The molecule has 0 saturated heterocycles. The molecule has 100 valence electrons. The van der Waals surface area contributed by atoms with Gasteiger partial charge in [0.15, 0.2) is 11.8 Å². The van der Waals surface area contributed by atoms with Crippen LogP contribution < -0.4 is 5.43 Å². The molecule has 1 aliphatic heterocycles. The van der Waals surface area contributed by atoms with Crippen molar-refractivity contribution in [3.63, 3.8) is 0 Å². The van der Waals surface area contributed by atoms with E-state index in [0.717, 1.165) is 0 Å². The van der Waals surface area contributed by atoms with Crippen molar-refractivity contribution in [1.29, 1.82) is 0 Å². The minimum absolute atomic E-state index is 0.0976. The van der Waals surface area contributed by atoms with E-state index in [0.29, 0.717) is 5.56 Å². The minimum atomic E-state index is -1.06. The molecule has 0 radical (unpaired) electrons. The molecule has 0 spiro atoms. The molecule has 2 N–H and O–H groups in total. The zero-order valence-corrected chi connectivity index (χ0v) is 10.4. The van der Waals surface area contributed by atoms with Gasteiger partial charge in [-0.3, -0.25) is 5.43 Å². The van der Waals surface area contributed by atoms with Crippen molar-refractivity contribution in [2.75, 3.05) is 6.61 Å². The van der Waals surface area contributed by atoms with Crippen LogP contribution in [0, 0.1) is 0 Å². The minimum Gasteiger partial charge on any atom is -0.480 e. The number of rotatable bonds is 4. The average molecular weight is 262 g/mol. The molecule has 0 aliphatic carbocycles. The molecule has 6 heteroatoms. The Labute approximate surface area is 110 Å². The van der Waals surface area contributed by atoms with Crippen molar-refractivity contribution >= 4 is 17.7 Å². The van der Waals surface area contributed by atoms with E-state index < -0.39 is 23.9 Å². The highest BCUT2D eigenvalue weighted by Gasteiger charge is 2.41. The van der Waals surface area contributed by atoms with Crippen molar-refractivity contribution in [3.8, 4) is 0 Å². The third kappa shape index (κ3) is 2.57. The zero-order chi connectivity index (χ0) is 13.8. The molecule has 19 heavy (non-hydrogen) atoms. The Morgan fingerprint density at radius 1 is 1.37 bits per heavy atom. The second kappa shape index (κ2) is 5.51. The van der Waals surface area contributed by atoms with Crippen LogP contribution in [0.4, 0.5) is 0 Å². The Kier molecular flexibility index (Phi) is 3.79. The van der Waals surface area contributed by atoms with Gasteiger partial charge in [0.1, 0.15) is 0 Å². The monoisotopic (exact) mass is 262 g/mol. The number of benzene rings is 1. The lowest BCUT2D eigenvalue weighted by atomic mass is 9.88. The second-order valence-corrected chi connectivity index (χ2v) is 4.05.